The van der Waals surface area contributed by atoms with Gasteiger partial charge in [-0.2, -0.15) is 10.2 Å². The molecule has 0 radical (unpaired) electrons. The number of benzene rings is 4. The van der Waals surface area contributed by atoms with Crippen molar-refractivity contribution in [1.29, 1.82) is 0 Å². The predicted octanol–water partition coefficient (Wildman–Crippen LogP) is 8.18. The maximum absolute atomic E-state index is 12.5. The Morgan fingerprint density at radius 1 is 0.467 bits per heavy atom. The summed E-state index contributed by atoms with van der Waals surface area (Å²) < 4.78 is 0. The molecule has 45 heavy (non-hydrogen) atoms. The summed E-state index contributed by atoms with van der Waals surface area (Å²) >= 11 is 0. The fourth-order valence-corrected chi connectivity index (χ4v) is 4.55. The van der Waals surface area contributed by atoms with Crippen LogP contribution in [0.5, 0.6) is 0 Å². The van der Waals surface area contributed by atoms with E-state index in [0.29, 0.717) is 24.3 Å². The number of carbonyl (C=O) groups is 2. The Bertz CT molecular complexity index is 1460. The van der Waals surface area contributed by atoms with E-state index in [9.17, 15) is 9.59 Å². The molecule has 0 atom stereocenters. The Morgan fingerprint density at radius 2 is 0.800 bits per heavy atom. The van der Waals surface area contributed by atoms with E-state index in [1.807, 2.05) is 146 Å². The Kier molecular flexibility index (Phi) is 13.8. The summed E-state index contributed by atoms with van der Waals surface area (Å²) in [5.74, 6) is -0.214. The van der Waals surface area contributed by atoms with Crippen molar-refractivity contribution < 1.29 is 9.59 Å². The van der Waals surface area contributed by atoms with Gasteiger partial charge < -0.3 is 0 Å². The van der Waals surface area contributed by atoms with E-state index >= 15 is 0 Å². The standard InChI is InChI=1S/C39H40N4O2/c44-38(42-40-36(34-22-12-6-13-23-34)30-28-32-18-8-4-9-19-32)26-16-2-1-3-17-27-39(45)43-41-37(35-24-14-7-15-25-35)31-29-33-20-10-5-11-21-33/h4-15,18-25,28-31H,1-3,16-17,26-27H2,(H,42,44)(H,43,45)/b30-28+,31-29+,40-36+,41-37+. The number of amides is 2. The molecule has 6 heteroatoms. The molecule has 4 aromatic carbocycles. The molecule has 0 spiro atoms. The van der Waals surface area contributed by atoms with Crippen molar-refractivity contribution in [3.63, 3.8) is 0 Å². The van der Waals surface area contributed by atoms with Gasteiger partial charge in [0.1, 0.15) is 0 Å². The number of nitrogens with one attached hydrogen (secondary N) is 2. The third-order valence-corrected chi connectivity index (χ3v) is 7.02. The normalized spacial score (nSPS) is 12.0. The molecule has 0 saturated heterocycles. The molecule has 0 heterocycles. The lowest BCUT2D eigenvalue weighted by molar-refractivity contribution is -0.121. The van der Waals surface area contributed by atoms with Crippen LogP contribution in [0.3, 0.4) is 0 Å². The molecule has 0 aliphatic heterocycles. The van der Waals surface area contributed by atoms with Crippen LogP contribution in [0.4, 0.5) is 0 Å². The first kappa shape index (κ1) is 32.6. The van der Waals surface area contributed by atoms with Gasteiger partial charge in [-0.05, 0) is 36.1 Å². The third-order valence-electron chi connectivity index (χ3n) is 7.02. The summed E-state index contributed by atoms with van der Waals surface area (Å²) in [5.41, 5.74) is 10.8. The van der Waals surface area contributed by atoms with E-state index in [2.05, 4.69) is 21.1 Å². The third kappa shape index (κ3) is 12.4. The number of unbranched alkanes of at least 4 members (excludes halogenated alkanes) is 4. The van der Waals surface area contributed by atoms with Crippen molar-refractivity contribution in [2.45, 2.75) is 44.9 Å². The molecule has 6 nitrogen and oxygen atoms in total. The van der Waals surface area contributed by atoms with Crippen molar-refractivity contribution in [2.24, 2.45) is 10.2 Å². The van der Waals surface area contributed by atoms with Crippen LogP contribution in [0.25, 0.3) is 12.2 Å². The van der Waals surface area contributed by atoms with Gasteiger partial charge in [0.25, 0.3) is 0 Å². The van der Waals surface area contributed by atoms with E-state index in [-0.39, 0.29) is 11.8 Å². The van der Waals surface area contributed by atoms with Gasteiger partial charge in [0.2, 0.25) is 11.8 Å². The second kappa shape index (κ2) is 19.0. The van der Waals surface area contributed by atoms with Crippen molar-refractivity contribution >= 4 is 35.4 Å². The summed E-state index contributed by atoms with van der Waals surface area (Å²) in [6, 6.07) is 39.6. The van der Waals surface area contributed by atoms with Crippen LogP contribution >= 0.6 is 0 Å². The van der Waals surface area contributed by atoms with Gasteiger partial charge >= 0.3 is 0 Å². The molecule has 0 unspecified atom stereocenters. The van der Waals surface area contributed by atoms with E-state index in [0.717, 1.165) is 54.4 Å². The van der Waals surface area contributed by atoms with Crippen molar-refractivity contribution in [3.8, 4) is 0 Å². The first-order valence-corrected chi connectivity index (χ1v) is 15.5. The molecule has 0 aromatic heterocycles. The van der Waals surface area contributed by atoms with Crippen LogP contribution in [-0.2, 0) is 9.59 Å². The second-order valence-electron chi connectivity index (χ2n) is 10.6. The summed E-state index contributed by atoms with van der Waals surface area (Å²) in [7, 11) is 0. The molecular formula is C39H40N4O2. The lowest BCUT2D eigenvalue weighted by Gasteiger charge is -2.05. The highest BCUT2D eigenvalue weighted by Crippen LogP contribution is 2.10. The minimum atomic E-state index is -0.107. The van der Waals surface area contributed by atoms with Crippen molar-refractivity contribution in [1.82, 2.24) is 10.9 Å². The average molecular weight is 597 g/mol. The minimum absolute atomic E-state index is 0.107. The Morgan fingerprint density at radius 3 is 1.18 bits per heavy atom. The van der Waals surface area contributed by atoms with Crippen LogP contribution in [0.15, 0.2) is 144 Å². The van der Waals surface area contributed by atoms with Crippen molar-refractivity contribution in [3.05, 3.63) is 156 Å². The van der Waals surface area contributed by atoms with Crippen LogP contribution in [-0.4, -0.2) is 23.2 Å². The lowest BCUT2D eigenvalue weighted by Crippen LogP contribution is -2.19. The van der Waals surface area contributed by atoms with Gasteiger partial charge in [0.05, 0.1) is 11.4 Å². The maximum Gasteiger partial charge on any atom is 0.240 e. The van der Waals surface area contributed by atoms with Gasteiger partial charge in [-0.15, -0.1) is 0 Å². The number of hydrogen-bond donors (Lipinski definition) is 2. The zero-order valence-electron chi connectivity index (χ0n) is 25.5. The Balaban J connectivity index is 1.16. The highest BCUT2D eigenvalue weighted by Gasteiger charge is 2.05. The number of hydrazone groups is 2. The molecule has 0 saturated carbocycles. The summed E-state index contributed by atoms with van der Waals surface area (Å²) in [6.45, 7) is 0. The molecule has 2 amide bonds. The number of carbonyl (C=O) groups excluding carboxylic acids is 2. The topological polar surface area (TPSA) is 82.9 Å². The molecule has 0 aliphatic rings. The molecule has 0 fully saturated rings. The van der Waals surface area contributed by atoms with Crippen molar-refractivity contribution in [2.75, 3.05) is 0 Å². The molecular weight excluding hydrogens is 556 g/mol. The maximum atomic E-state index is 12.5. The van der Waals surface area contributed by atoms with Crippen LogP contribution < -0.4 is 10.9 Å². The number of nitrogens with zero attached hydrogens (tertiary/aromatic N) is 2. The number of allylic oxidation sites excluding steroid dienone is 2. The van der Waals surface area contributed by atoms with Gasteiger partial charge in [-0.25, -0.2) is 10.9 Å². The molecule has 0 aliphatic carbocycles. The largest absolute Gasteiger partial charge is 0.273 e. The first-order valence-electron chi connectivity index (χ1n) is 15.5. The highest BCUT2D eigenvalue weighted by atomic mass is 16.2. The van der Waals surface area contributed by atoms with Gasteiger partial charge in [0, 0.05) is 24.0 Å². The molecule has 4 rings (SSSR count). The zero-order valence-corrected chi connectivity index (χ0v) is 25.5. The predicted molar refractivity (Wildman–Crippen MR) is 186 cm³/mol. The second-order valence-corrected chi connectivity index (χ2v) is 10.6. The summed E-state index contributed by atoms with van der Waals surface area (Å²) in [6.07, 6.45) is 12.9. The average Bonchev–Trinajstić information content (AvgIpc) is 3.09. The Labute approximate surface area is 266 Å². The lowest BCUT2D eigenvalue weighted by atomic mass is 10.1. The zero-order chi connectivity index (χ0) is 31.4. The number of rotatable bonds is 16. The monoisotopic (exact) mass is 596 g/mol. The number of hydrogen-bond acceptors (Lipinski definition) is 4. The molecule has 228 valence electrons. The summed E-state index contributed by atoms with van der Waals surface area (Å²) in [5, 5.41) is 8.81. The Hall–Kier alpha value is -5.36. The quantitative estimate of drug-likeness (QED) is 0.0777. The van der Waals surface area contributed by atoms with Gasteiger partial charge in [0.15, 0.2) is 0 Å². The molecule has 0 bridgehead atoms. The summed E-state index contributed by atoms with van der Waals surface area (Å²) in [4.78, 5) is 25.0. The van der Waals surface area contributed by atoms with Gasteiger partial charge in [-0.3, -0.25) is 9.59 Å². The van der Waals surface area contributed by atoms with Crippen LogP contribution in [0.1, 0.15) is 67.2 Å². The van der Waals surface area contributed by atoms with E-state index in [1.165, 1.54) is 0 Å². The SMILES string of the molecule is O=C(CCCCCCCC(=O)N/N=C(\C=C\c1ccccc1)c1ccccc1)N/N=C(\C=C\c1ccccc1)c1ccccc1. The van der Waals surface area contributed by atoms with E-state index < -0.39 is 0 Å². The fourth-order valence-electron chi connectivity index (χ4n) is 4.55. The van der Waals surface area contributed by atoms with E-state index in [4.69, 9.17) is 0 Å². The van der Waals surface area contributed by atoms with Crippen LogP contribution in [0.2, 0.25) is 0 Å². The van der Waals surface area contributed by atoms with E-state index in [1.54, 1.807) is 0 Å². The van der Waals surface area contributed by atoms with Crippen LogP contribution in [0, 0.1) is 0 Å². The first-order chi connectivity index (χ1) is 22.2. The molecule has 4 aromatic rings. The fraction of sp³-hybridized carbons (Fsp3) is 0.179. The molecule has 2 N–H and O–H groups in total. The smallest absolute Gasteiger partial charge is 0.240 e. The highest BCUT2D eigenvalue weighted by molar-refractivity contribution is 6.11. The minimum Gasteiger partial charge on any atom is -0.273 e. The van der Waals surface area contributed by atoms with Gasteiger partial charge in [-0.1, -0.05) is 153 Å².